The molecule has 0 aliphatic rings. The average molecular weight is 236 g/mol. The summed E-state index contributed by atoms with van der Waals surface area (Å²) in [5.74, 6) is 0.304. The topological polar surface area (TPSA) is 29.5 Å². The predicted octanol–water partition coefficient (Wildman–Crippen LogP) is 3.25. The van der Waals surface area contributed by atoms with E-state index < -0.39 is 0 Å². The van der Waals surface area contributed by atoms with Crippen molar-refractivity contribution in [3.8, 4) is 0 Å². The minimum atomic E-state index is 0.144. The highest BCUT2D eigenvalue weighted by atomic mass is 16.5. The van der Waals surface area contributed by atoms with E-state index in [1.54, 1.807) is 0 Å². The van der Waals surface area contributed by atoms with Crippen LogP contribution in [0.3, 0.4) is 0 Å². The van der Waals surface area contributed by atoms with Crippen LogP contribution in [0.5, 0.6) is 0 Å². The highest BCUT2D eigenvalue weighted by Crippen LogP contribution is 2.28. The first-order valence-electron chi connectivity index (χ1n) is 6.26. The van der Waals surface area contributed by atoms with Crippen LogP contribution in [0.4, 0.5) is 0 Å². The van der Waals surface area contributed by atoms with Gasteiger partial charge >= 0.3 is 0 Å². The Morgan fingerprint density at radius 1 is 1.18 bits per heavy atom. The molecule has 0 amide bonds. The zero-order chi connectivity index (χ0) is 12.7. The van der Waals surface area contributed by atoms with Crippen LogP contribution < -0.4 is 0 Å². The summed E-state index contributed by atoms with van der Waals surface area (Å²) in [5, 5.41) is 9.32. The molecule has 1 aromatic rings. The molecule has 1 N–H and O–H groups in total. The van der Waals surface area contributed by atoms with Crippen molar-refractivity contribution in [1.29, 1.82) is 0 Å². The second kappa shape index (κ2) is 6.77. The molecule has 0 heterocycles. The molecule has 0 saturated heterocycles. The molecule has 2 nitrogen and oxygen atoms in total. The van der Waals surface area contributed by atoms with Crippen molar-refractivity contribution < 1.29 is 9.84 Å². The fraction of sp³-hybridized carbons (Fsp3) is 0.600. The van der Waals surface area contributed by atoms with Crippen molar-refractivity contribution in [2.75, 3.05) is 13.2 Å². The Morgan fingerprint density at radius 3 is 2.35 bits per heavy atom. The highest BCUT2D eigenvalue weighted by Gasteiger charge is 2.23. The van der Waals surface area contributed by atoms with Crippen molar-refractivity contribution >= 4 is 0 Å². The molecule has 0 aromatic heterocycles. The largest absolute Gasteiger partial charge is 0.396 e. The lowest BCUT2D eigenvalue weighted by Crippen LogP contribution is -2.25. The minimum absolute atomic E-state index is 0.144. The van der Waals surface area contributed by atoms with Crippen LogP contribution in [0.2, 0.25) is 0 Å². The minimum Gasteiger partial charge on any atom is -0.396 e. The van der Waals surface area contributed by atoms with Gasteiger partial charge in [0.2, 0.25) is 0 Å². The van der Waals surface area contributed by atoms with Crippen LogP contribution in [0.15, 0.2) is 30.3 Å². The molecule has 0 radical (unpaired) electrons. The third-order valence-corrected chi connectivity index (χ3v) is 3.17. The summed E-state index contributed by atoms with van der Waals surface area (Å²) in [4.78, 5) is 0. The summed E-state index contributed by atoms with van der Waals surface area (Å²) in [6, 6.07) is 10.2. The summed E-state index contributed by atoms with van der Waals surface area (Å²) >= 11 is 0. The van der Waals surface area contributed by atoms with E-state index in [1.165, 1.54) is 5.56 Å². The van der Waals surface area contributed by atoms with Gasteiger partial charge in [-0.15, -0.1) is 0 Å². The van der Waals surface area contributed by atoms with Crippen LogP contribution in [0.25, 0.3) is 0 Å². The Balaban J connectivity index is 2.24. The van der Waals surface area contributed by atoms with Crippen LogP contribution in [0.1, 0.15) is 32.8 Å². The number of ether oxygens (including phenoxy) is 1. The van der Waals surface area contributed by atoms with E-state index in [1.807, 2.05) is 18.2 Å². The quantitative estimate of drug-likeness (QED) is 0.768. The molecule has 1 aromatic carbocycles. The molecule has 2 heteroatoms. The van der Waals surface area contributed by atoms with E-state index in [0.29, 0.717) is 19.1 Å². The van der Waals surface area contributed by atoms with Gasteiger partial charge < -0.3 is 9.84 Å². The molecule has 0 unspecified atom stereocenters. The van der Waals surface area contributed by atoms with Gasteiger partial charge in [0.15, 0.2) is 0 Å². The lowest BCUT2D eigenvalue weighted by molar-refractivity contribution is 0.0611. The third kappa shape index (κ3) is 5.33. The molecule has 17 heavy (non-hydrogen) atoms. The first-order valence-corrected chi connectivity index (χ1v) is 6.26. The molecular formula is C15H24O2. The van der Waals surface area contributed by atoms with Crippen molar-refractivity contribution in [3.63, 3.8) is 0 Å². The van der Waals surface area contributed by atoms with Gasteiger partial charge in [0.1, 0.15) is 0 Å². The first kappa shape index (κ1) is 14.2. The zero-order valence-electron chi connectivity index (χ0n) is 11.1. The molecule has 1 atom stereocenters. The number of hydrogen-bond acceptors (Lipinski definition) is 2. The van der Waals surface area contributed by atoms with Gasteiger partial charge in [0, 0.05) is 13.2 Å². The number of rotatable bonds is 6. The van der Waals surface area contributed by atoms with Crippen LogP contribution >= 0.6 is 0 Å². The molecule has 0 aliphatic heterocycles. The number of aliphatic hydroxyl groups is 1. The van der Waals surface area contributed by atoms with Crippen LogP contribution in [-0.4, -0.2) is 18.3 Å². The maximum Gasteiger partial charge on any atom is 0.0716 e. The number of hydrogen-bond donors (Lipinski definition) is 1. The highest BCUT2D eigenvalue weighted by molar-refractivity contribution is 5.13. The molecule has 96 valence electrons. The Morgan fingerprint density at radius 2 is 1.82 bits per heavy atom. The second-order valence-corrected chi connectivity index (χ2v) is 5.57. The summed E-state index contributed by atoms with van der Waals surface area (Å²) < 4.78 is 5.64. The maximum absolute atomic E-state index is 9.32. The van der Waals surface area contributed by atoms with E-state index in [9.17, 15) is 5.11 Å². The van der Waals surface area contributed by atoms with Crippen molar-refractivity contribution in [2.24, 2.45) is 11.3 Å². The van der Waals surface area contributed by atoms with E-state index in [2.05, 4.69) is 32.9 Å². The zero-order valence-corrected chi connectivity index (χ0v) is 11.1. The Kier molecular flexibility index (Phi) is 5.66. The smallest absolute Gasteiger partial charge is 0.0716 e. The molecular weight excluding hydrogens is 212 g/mol. The van der Waals surface area contributed by atoms with Gasteiger partial charge in [-0.3, -0.25) is 0 Å². The predicted molar refractivity (Wildman–Crippen MR) is 70.7 cm³/mol. The number of benzene rings is 1. The standard InChI is InChI=1S/C15H24O2/c1-15(2,3)14(11-16)9-10-17-12-13-7-5-4-6-8-13/h4-8,14,16H,9-12H2,1-3H3/t14-/m1/s1. The second-order valence-electron chi connectivity index (χ2n) is 5.57. The molecule has 0 saturated carbocycles. The molecule has 0 fully saturated rings. The SMILES string of the molecule is CC(C)(C)[C@@H](CO)CCOCc1ccccc1. The summed E-state index contributed by atoms with van der Waals surface area (Å²) in [7, 11) is 0. The fourth-order valence-electron chi connectivity index (χ4n) is 1.79. The normalized spacial score (nSPS) is 13.6. The van der Waals surface area contributed by atoms with Crippen molar-refractivity contribution in [3.05, 3.63) is 35.9 Å². The lowest BCUT2D eigenvalue weighted by Gasteiger charge is -2.28. The van der Waals surface area contributed by atoms with Crippen LogP contribution in [0, 0.1) is 11.3 Å². The van der Waals surface area contributed by atoms with Crippen LogP contribution in [-0.2, 0) is 11.3 Å². The van der Waals surface area contributed by atoms with Gasteiger partial charge in [0.05, 0.1) is 6.61 Å². The monoisotopic (exact) mass is 236 g/mol. The van der Waals surface area contributed by atoms with Gasteiger partial charge in [-0.2, -0.15) is 0 Å². The molecule has 0 spiro atoms. The van der Waals surface area contributed by atoms with Crippen molar-refractivity contribution in [1.82, 2.24) is 0 Å². The number of aliphatic hydroxyl groups excluding tert-OH is 1. The first-order chi connectivity index (χ1) is 8.04. The Hall–Kier alpha value is -0.860. The Labute approximate surface area is 105 Å². The van der Waals surface area contributed by atoms with Gasteiger partial charge in [-0.05, 0) is 23.3 Å². The summed E-state index contributed by atoms with van der Waals surface area (Å²) in [5.41, 5.74) is 1.34. The van der Waals surface area contributed by atoms with E-state index in [0.717, 1.165) is 6.42 Å². The summed E-state index contributed by atoms with van der Waals surface area (Å²) in [6.07, 6.45) is 0.910. The molecule has 1 rings (SSSR count). The third-order valence-electron chi connectivity index (χ3n) is 3.17. The Bertz CT molecular complexity index is 300. The van der Waals surface area contributed by atoms with Gasteiger partial charge in [0.25, 0.3) is 0 Å². The molecule has 0 aliphatic carbocycles. The van der Waals surface area contributed by atoms with Gasteiger partial charge in [-0.1, -0.05) is 51.1 Å². The van der Waals surface area contributed by atoms with E-state index in [4.69, 9.17) is 4.74 Å². The lowest BCUT2D eigenvalue weighted by atomic mass is 9.79. The van der Waals surface area contributed by atoms with Gasteiger partial charge in [-0.25, -0.2) is 0 Å². The maximum atomic E-state index is 9.32. The molecule has 0 bridgehead atoms. The fourth-order valence-corrected chi connectivity index (χ4v) is 1.79. The summed E-state index contributed by atoms with van der Waals surface area (Å²) in [6.45, 7) is 8.07. The van der Waals surface area contributed by atoms with E-state index >= 15 is 0 Å². The van der Waals surface area contributed by atoms with Crippen molar-refractivity contribution in [2.45, 2.75) is 33.8 Å². The average Bonchev–Trinajstić information content (AvgIpc) is 2.28. The van der Waals surface area contributed by atoms with E-state index in [-0.39, 0.29) is 12.0 Å².